The van der Waals surface area contributed by atoms with E-state index in [1.54, 1.807) is 19.5 Å². The zero-order chi connectivity index (χ0) is 20.7. The Bertz CT molecular complexity index is 775. The van der Waals surface area contributed by atoms with Gasteiger partial charge in [0, 0.05) is 37.4 Å². The van der Waals surface area contributed by atoms with E-state index in [-0.39, 0.29) is 0 Å². The normalized spacial score (nSPS) is 12.4. The molecule has 0 aliphatic heterocycles. The summed E-state index contributed by atoms with van der Waals surface area (Å²) in [5, 5.41) is 9.23. The minimum absolute atomic E-state index is 0.466. The van der Waals surface area contributed by atoms with Crippen LogP contribution >= 0.6 is 0 Å². The molecule has 1 atom stereocenters. The first-order chi connectivity index (χ1) is 13.3. The molecule has 0 saturated heterocycles. The standard InChI is InChI=1S/C20H30N4O4/c1-14-17(22-13-21-14)12-24(10-9-23(3)4)11-16-7-6-8-18(27-5)19(16)28-15(2)20(25)26/h6-8,13,15H,9-12H2,1-5H3,(H,21,22)(H,25,26). The summed E-state index contributed by atoms with van der Waals surface area (Å²) in [5.74, 6) is -0.0314. The smallest absolute Gasteiger partial charge is 0.344 e. The van der Waals surface area contributed by atoms with Gasteiger partial charge in [0.1, 0.15) is 0 Å². The number of carboxylic acids is 1. The summed E-state index contributed by atoms with van der Waals surface area (Å²) in [7, 11) is 5.62. The number of carbonyl (C=O) groups is 1. The number of aliphatic carboxylic acids is 1. The molecule has 8 nitrogen and oxygen atoms in total. The zero-order valence-corrected chi connectivity index (χ0v) is 17.2. The van der Waals surface area contributed by atoms with Gasteiger partial charge in [-0.25, -0.2) is 9.78 Å². The number of hydrogen-bond donors (Lipinski definition) is 2. The molecule has 1 unspecified atom stereocenters. The maximum Gasteiger partial charge on any atom is 0.344 e. The number of methoxy groups -OCH3 is 1. The van der Waals surface area contributed by atoms with E-state index in [1.165, 1.54) is 6.92 Å². The molecule has 0 fully saturated rings. The van der Waals surface area contributed by atoms with Gasteiger partial charge in [-0.05, 0) is 34.0 Å². The molecule has 8 heteroatoms. The van der Waals surface area contributed by atoms with Gasteiger partial charge in [0.2, 0.25) is 0 Å². The highest BCUT2D eigenvalue weighted by molar-refractivity contribution is 5.72. The van der Waals surface area contributed by atoms with Crippen molar-refractivity contribution >= 4 is 5.97 Å². The quantitative estimate of drug-likeness (QED) is 0.607. The fourth-order valence-electron chi connectivity index (χ4n) is 2.76. The number of likely N-dealkylation sites (N-methyl/N-ethyl adjacent to an activating group) is 1. The van der Waals surface area contributed by atoms with Gasteiger partial charge in [-0.2, -0.15) is 0 Å². The number of aryl methyl sites for hydroxylation is 1. The van der Waals surface area contributed by atoms with Gasteiger partial charge in [0.05, 0.1) is 19.1 Å². The fourth-order valence-corrected chi connectivity index (χ4v) is 2.76. The van der Waals surface area contributed by atoms with Gasteiger partial charge in [-0.1, -0.05) is 12.1 Å². The van der Waals surface area contributed by atoms with Gasteiger partial charge < -0.3 is 24.5 Å². The Kier molecular flexibility index (Phi) is 7.83. The molecule has 2 rings (SSSR count). The highest BCUT2D eigenvalue weighted by Gasteiger charge is 2.20. The Morgan fingerprint density at radius 1 is 1.29 bits per heavy atom. The Morgan fingerprint density at radius 3 is 2.61 bits per heavy atom. The molecule has 2 N–H and O–H groups in total. The summed E-state index contributed by atoms with van der Waals surface area (Å²) >= 11 is 0. The summed E-state index contributed by atoms with van der Waals surface area (Å²) in [4.78, 5) is 23.2. The Balaban J connectivity index is 2.28. The third kappa shape index (κ3) is 5.97. The number of aromatic amines is 1. The predicted molar refractivity (Wildman–Crippen MR) is 107 cm³/mol. The molecule has 0 radical (unpaired) electrons. The molecular weight excluding hydrogens is 360 g/mol. The van der Waals surface area contributed by atoms with Crippen molar-refractivity contribution in [2.24, 2.45) is 0 Å². The van der Waals surface area contributed by atoms with Crippen molar-refractivity contribution < 1.29 is 19.4 Å². The Labute approximate surface area is 166 Å². The van der Waals surface area contributed by atoms with Crippen LogP contribution in [0, 0.1) is 6.92 Å². The molecule has 1 aromatic heterocycles. The van der Waals surface area contributed by atoms with Gasteiger partial charge in [-0.3, -0.25) is 4.90 Å². The number of nitrogens with one attached hydrogen (secondary N) is 1. The molecular formula is C20H30N4O4. The van der Waals surface area contributed by atoms with Crippen LogP contribution in [-0.2, 0) is 17.9 Å². The van der Waals surface area contributed by atoms with Crippen molar-refractivity contribution in [3.05, 3.63) is 41.5 Å². The van der Waals surface area contributed by atoms with E-state index in [9.17, 15) is 9.90 Å². The number of aromatic nitrogens is 2. The second kappa shape index (κ2) is 10.1. The number of benzene rings is 1. The first-order valence-corrected chi connectivity index (χ1v) is 9.23. The van der Waals surface area contributed by atoms with Crippen LogP contribution in [0.15, 0.2) is 24.5 Å². The minimum Gasteiger partial charge on any atom is -0.493 e. The number of carboxylic acid groups (broad SMARTS) is 1. The first kappa shape index (κ1) is 21.7. The van der Waals surface area contributed by atoms with Crippen LogP contribution in [-0.4, -0.2) is 71.2 Å². The average molecular weight is 390 g/mol. The van der Waals surface area contributed by atoms with Crippen LogP contribution in [0.1, 0.15) is 23.9 Å². The molecule has 0 spiro atoms. The third-order valence-electron chi connectivity index (χ3n) is 4.49. The van der Waals surface area contributed by atoms with Crippen molar-refractivity contribution in [2.75, 3.05) is 34.3 Å². The number of rotatable bonds is 11. The maximum atomic E-state index is 11.3. The van der Waals surface area contributed by atoms with Gasteiger partial charge >= 0.3 is 5.97 Å². The van der Waals surface area contributed by atoms with E-state index in [0.29, 0.717) is 24.6 Å². The minimum atomic E-state index is -1.02. The lowest BCUT2D eigenvalue weighted by Crippen LogP contribution is -2.32. The zero-order valence-electron chi connectivity index (χ0n) is 17.2. The lowest BCUT2D eigenvalue weighted by Gasteiger charge is -2.26. The number of hydrogen-bond acceptors (Lipinski definition) is 6. The van der Waals surface area contributed by atoms with Crippen molar-refractivity contribution in [3.8, 4) is 11.5 Å². The number of ether oxygens (including phenoxy) is 2. The molecule has 1 aromatic carbocycles. The summed E-state index contributed by atoms with van der Waals surface area (Å²) in [6.07, 6.45) is 0.725. The van der Waals surface area contributed by atoms with Crippen molar-refractivity contribution in [3.63, 3.8) is 0 Å². The maximum absolute atomic E-state index is 11.3. The molecule has 0 aliphatic carbocycles. The molecule has 0 amide bonds. The predicted octanol–water partition coefficient (Wildman–Crippen LogP) is 2.14. The summed E-state index contributed by atoms with van der Waals surface area (Å²) < 4.78 is 11.1. The van der Waals surface area contributed by atoms with E-state index in [1.807, 2.05) is 33.2 Å². The van der Waals surface area contributed by atoms with Gasteiger partial charge in [0.25, 0.3) is 0 Å². The van der Waals surface area contributed by atoms with Gasteiger partial charge in [-0.15, -0.1) is 0 Å². The van der Waals surface area contributed by atoms with Crippen LogP contribution in [0.25, 0.3) is 0 Å². The molecule has 154 valence electrons. The topological polar surface area (TPSA) is 90.9 Å². The molecule has 2 aromatic rings. The van der Waals surface area contributed by atoms with Crippen molar-refractivity contribution in [1.82, 2.24) is 19.8 Å². The van der Waals surface area contributed by atoms with E-state index >= 15 is 0 Å². The highest BCUT2D eigenvalue weighted by Crippen LogP contribution is 2.33. The molecule has 0 saturated carbocycles. The number of para-hydroxylation sites is 1. The summed E-state index contributed by atoms with van der Waals surface area (Å²) in [6.45, 7) is 6.48. The molecule has 0 aliphatic rings. The lowest BCUT2D eigenvalue weighted by atomic mass is 10.1. The van der Waals surface area contributed by atoms with Gasteiger partial charge in [0.15, 0.2) is 17.6 Å². The lowest BCUT2D eigenvalue weighted by molar-refractivity contribution is -0.144. The summed E-state index contributed by atoms with van der Waals surface area (Å²) in [6, 6.07) is 5.60. The van der Waals surface area contributed by atoms with E-state index < -0.39 is 12.1 Å². The van der Waals surface area contributed by atoms with E-state index in [2.05, 4.69) is 19.8 Å². The second-order valence-corrected chi connectivity index (χ2v) is 7.03. The molecule has 28 heavy (non-hydrogen) atoms. The van der Waals surface area contributed by atoms with Crippen LogP contribution in [0.5, 0.6) is 11.5 Å². The molecule has 1 heterocycles. The fraction of sp³-hybridized carbons (Fsp3) is 0.500. The number of imidazole rings is 1. The average Bonchev–Trinajstić information content (AvgIpc) is 3.05. The summed E-state index contributed by atoms with van der Waals surface area (Å²) in [5.41, 5.74) is 2.90. The Hall–Kier alpha value is -2.58. The monoisotopic (exact) mass is 390 g/mol. The van der Waals surface area contributed by atoms with E-state index in [0.717, 1.165) is 30.0 Å². The number of nitrogens with zero attached hydrogens (tertiary/aromatic N) is 3. The van der Waals surface area contributed by atoms with Crippen LogP contribution < -0.4 is 9.47 Å². The van der Waals surface area contributed by atoms with Crippen molar-refractivity contribution in [2.45, 2.75) is 33.0 Å². The van der Waals surface area contributed by atoms with Crippen LogP contribution in [0.4, 0.5) is 0 Å². The molecule has 0 bridgehead atoms. The largest absolute Gasteiger partial charge is 0.493 e. The van der Waals surface area contributed by atoms with Crippen molar-refractivity contribution in [1.29, 1.82) is 0 Å². The van der Waals surface area contributed by atoms with Crippen LogP contribution in [0.3, 0.4) is 0 Å². The SMILES string of the molecule is COc1cccc(CN(CCN(C)C)Cc2nc[nH]c2C)c1OC(C)C(=O)O. The highest BCUT2D eigenvalue weighted by atomic mass is 16.5. The number of H-pyrrole nitrogens is 1. The second-order valence-electron chi connectivity index (χ2n) is 7.03. The van der Waals surface area contributed by atoms with E-state index in [4.69, 9.17) is 9.47 Å². The first-order valence-electron chi connectivity index (χ1n) is 9.23. The van der Waals surface area contributed by atoms with Crippen LogP contribution in [0.2, 0.25) is 0 Å². The Morgan fingerprint density at radius 2 is 2.04 bits per heavy atom. The third-order valence-corrected chi connectivity index (χ3v) is 4.49.